The van der Waals surface area contributed by atoms with Crippen molar-refractivity contribution in [3.8, 4) is 78.4 Å². The zero-order valence-electron chi connectivity index (χ0n) is 33.5. The molecule has 0 radical (unpaired) electrons. The molecule has 12 rings (SSSR count). The van der Waals surface area contributed by atoms with E-state index in [4.69, 9.17) is 14.4 Å². The first-order chi connectivity index (χ1) is 30.7. The summed E-state index contributed by atoms with van der Waals surface area (Å²) in [4.78, 5) is 10.4. The summed E-state index contributed by atoms with van der Waals surface area (Å²) in [6, 6.07) is 77.2. The van der Waals surface area contributed by atoms with E-state index in [0.717, 1.165) is 83.4 Å². The van der Waals surface area contributed by atoms with Crippen molar-refractivity contribution < 1.29 is 4.42 Å². The molecule has 62 heavy (non-hydrogen) atoms. The van der Waals surface area contributed by atoms with Crippen LogP contribution in [0.1, 0.15) is 0 Å². The number of benzene rings is 9. The maximum Gasteiger partial charge on any atom is 0.160 e. The van der Waals surface area contributed by atoms with Gasteiger partial charge in [0.25, 0.3) is 0 Å². The van der Waals surface area contributed by atoms with E-state index in [-0.39, 0.29) is 0 Å². The van der Waals surface area contributed by atoms with Crippen LogP contribution >= 0.6 is 11.3 Å². The van der Waals surface area contributed by atoms with E-state index < -0.39 is 0 Å². The Morgan fingerprint density at radius 1 is 0.339 bits per heavy atom. The Morgan fingerprint density at radius 3 is 1.60 bits per heavy atom. The number of rotatable bonds is 7. The predicted octanol–water partition coefficient (Wildman–Crippen LogP) is 16.4. The van der Waals surface area contributed by atoms with Gasteiger partial charge in [-0.15, -0.1) is 11.3 Å². The molecule has 0 amide bonds. The number of fused-ring (bicyclic) bond motifs is 6. The Morgan fingerprint density at radius 2 is 0.887 bits per heavy atom. The predicted molar refractivity (Wildman–Crippen MR) is 260 cm³/mol. The Kier molecular flexibility index (Phi) is 8.68. The van der Waals surface area contributed by atoms with Crippen LogP contribution in [0.15, 0.2) is 223 Å². The Labute approximate surface area is 362 Å². The molecule has 0 saturated heterocycles. The summed E-state index contributed by atoms with van der Waals surface area (Å²) >= 11 is 1.86. The second-order valence-electron chi connectivity index (χ2n) is 15.7. The highest BCUT2D eigenvalue weighted by molar-refractivity contribution is 7.26. The average Bonchev–Trinajstić information content (AvgIpc) is 3.94. The lowest BCUT2D eigenvalue weighted by Gasteiger charge is -2.13. The molecule has 0 aliphatic carbocycles. The second kappa shape index (κ2) is 15.0. The Balaban J connectivity index is 0.991. The van der Waals surface area contributed by atoms with Crippen molar-refractivity contribution in [1.29, 1.82) is 0 Å². The molecule has 4 heteroatoms. The lowest BCUT2D eigenvalue weighted by molar-refractivity contribution is 0.670. The highest BCUT2D eigenvalue weighted by Gasteiger charge is 2.20. The third-order valence-electron chi connectivity index (χ3n) is 11.9. The van der Waals surface area contributed by atoms with Crippen LogP contribution in [0.2, 0.25) is 0 Å². The van der Waals surface area contributed by atoms with E-state index in [1.807, 2.05) is 35.6 Å². The third-order valence-corrected chi connectivity index (χ3v) is 13.1. The minimum atomic E-state index is 0.682. The van der Waals surface area contributed by atoms with Crippen molar-refractivity contribution in [3.05, 3.63) is 218 Å². The lowest BCUT2D eigenvalue weighted by atomic mass is 9.93. The van der Waals surface area contributed by atoms with Crippen molar-refractivity contribution in [1.82, 2.24) is 9.97 Å². The average molecular weight is 809 g/mol. The normalized spacial score (nSPS) is 11.5. The standard InChI is InChI=1S/C58H36N2OS/c1-4-15-37(16-5-1)42-33-43(38-17-6-2-7-18-38)35-44(34-42)52-36-51(59-58(60-52)41-19-8-3-9-20-41)40-29-27-39(28-30-40)45-31-32-47(55-50-22-10-12-25-53(50)61-56(45)55)49-24-14-23-48-46-21-11-13-26-54(46)62-57(48)49/h1-36H. The first-order valence-electron chi connectivity index (χ1n) is 20.9. The minimum absolute atomic E-state index is 0.682. The van der Waals surface area contributed by atoms with Crippen LogP contribution in [0.5, 0.6) is 0 Å². The van der Waals surface area contributed by atoms with Crippen molar-refractivity contribution >= 4 is 53.4 Å². The summed E-state index contributed by atoms with van der Waals surface area (Å²) in [6.45, 7) is 0. The zero-order valence-corrected chi connectivity index (χ0v) is 34.3. The van der Waals surface area contributed by atoms with Gasteiger partial charge in [-0.1, -0.05) is 176 Å². The lowest BCUT2D eigenvalue weighted by Crippen LogP contribution is -1.96. The molecule has 0 N–H and O–H groups in total. The number of nitrogens with zero attached hydrogens (tertiary/aromatic N) is 2. The molecule has 0 atom stereocenters. The largest absolute Gasteiger partial charge is 0.455 e. The maximum atomic E-state index is 6.78. The van der Waals surface area contributed by atoms with Crippen molar-refractivity contribution in [2.24, 2.45) is 0 Å². The summed E-state index contributed by atoms with van der Waals surface area (Å²) in [5.74, 6) is 0.682. The van der Waals surface area contributed by atoms with E-state index in [1.165, 1.54) is 31.3 Å². The number of para-hydroxylation sites is 1. The van der Waals surface area contributed by atoms with Gasteiger partial charge in [0, 0.05) is 58.8 Å². The number of hydrogen-bond acceptors (Lipinski definition) is 4. The zero-order chi connectivity index (χ0) is 41.0. The maximum absolute atomic E-state index is 6.78. The van der Waals surface area contributed by atoms with E-state index in [1.54, 1.807) is 0 Å². The molecule has 3 aromatic heterocycles. The highest BCUT2D eigenvalue weighted by atomic mass is 32.1. The van der Waals surface area contributed by atoms with E-state index in [9.17, 15) is 0 Å². The van der Waals surface area contributed by atoms with Crippen LogP contribution in [-0.2, 0) is 0 Å². The van der Waals surface area contributed by atoms with Crippen molar-refractivity contribution in [2.45, 2.75) is 0 Å². The number of aromatic nitrogens is 2. The van der Waals surface area contributed by atoms with Crippen LogP contribution in [0.3, 0.4) is 0 Å². The third kappa shape index (κ3) is 6.28. The quantitative estimate of drug-likeness (QED) is 0.161. The van der Waals surface area contributed by atoms with Crippen LogP contribution in [0.25, 0.3) is 121 Å². The fourth-order valence-corrected chi connectivity index (χ4v) is 10.1. The number of thiophene rings is 1. The Hall–Kier alpha value is -7.92. The number of furan rings is 1. The second-order valence-corrected chi connectivity index (χ2v) is 16.7. The Bertz CT molecular complexity index is 3550. The van der Waals surface area contributed by atoms with E-state index in [2.05, 4.69) is 194 Å². The monoisotopic (exact) mass is 808 g/mol. The van der Waals surface area contributed by atoms with E-state index >= 15 is 0 Å². The van der Waals surface area contributed by atoms with Gasteiger partial charge in [0.15, 0.2) is 5.82 Å². The molecular formula is C58H36N2OS. The van der Waals surface area contributed by atoms with Gasteiger partial charge in [-0.25, -0.2) is 9.97 Å². The first kappa shape index (κ1) is 36.0. The summed E-state index contributed by atoms with van der Waals surface area (Å²) in [7, 11) is 0. The molecule has 3 heterocycles. The molecule has 12 aromatic rings. The fraction of sp³-hybridized carbons (Fsp3) is 0. The van der Waals surface area contributed by atoms with E-state index in [0.29, 0.717) is 5.82 Å². The van der Waals surface area contributed by atoms with Gasteiger partial charge < -0.3 is 4.42 Å². The number of hydrogen-bond donors (Lipinski definition) is 0. The van der Waals surface area contributed by atoms with Gasteiger partial charge in [-0.3, -0.25) is 0 Å². The molecule has 0 unspecified atom stereocenters. The van der Waals surface area contributed by atoms with Gasteiger partial charge >= 0.3 is 0 Å². The summed E-state index contributed by atoms with van der Waals surface area (Å²) in [6.07, 6.45) is 0. The molecule has 0 aliphatic rings. The van der Waals surface area contributed by atoms with Gasteiger partial charge in [-0.05, 0) is 75.8 Å². The van der Waals surface area contributed by atoms with Crippen LogP contribution in [0, 0.1) is 0 Å². The first-order valence-corrected chi connectivity index (χ1v) is 21.7. The molecule has 0 saturated carbocycles. The minimum Gasteiger partial charge on any atom is -0.455 e. The molecule has 3 nitrogen and oxygen atoms in total. The van der Waals surface area contributed by atoms with Crippen molar-refractivity contribution in [2.75, 3.05) is 0 Å². The summed E-state index contributed by atoms with van der Waals surface area (Å²) in [5, 5.41) is 4.83. The molecule has 290 valence electrons. The molecule has 0 bridgehead atoms. The topological polar surface area (TPSA) is 38.9 Å². The molecule has 0 fully saturated rings. The van der Waals surface area contributed by atoms with Gasteiger partial charge in [-0.2, -0.15) is 0 Å². The highest BCUT2D eigenvalue weighted by Crippen LogP contribution is 2.46. The van der Waals surface area contributed by atoms with Gasteiger partial charge in [0.2, 0.25) is 0 Å². The van der Waals surface area contributed by atoms with Gasteiger partial charge in [0.1, 0.15) is 11.2 Å². The van der Waals surface area contributed by atoms with Crippen LogP contribution < -0.4 is 0 Å². The molecule has 0 aliphatic heterocycles. The SMILES string of the molecule is c1ccc(-c2cc(-c3ccccc3)cc(-c3cc(-c4ccc(-c5ccc(-c6cccc7c6sc6ccccc67)c6c5oc5ccccc56)cc4)nc(-c4ccccc4)n3)c2)cc1. The van der Waals surface area contributed by atoms with Crippen LogP contribution in [0.4, 0.5) is 0 Å². The molecule has 9 aromatic carbocycles. The van der Waals surface area contributed by atoms with Crippen molar-refractivity contribution in [3.63, 3.8) is 0 Å². The summed E-state index contributed by atoms with van der Waals surface area (Å²) < 4.78 is 9.37. The van der Waals surface area contributed by atoms with Crippen LogP contribution in [-0.4, -0.2) is 9.97 Å². The van der Waals surface area contributed by atoms with Gasteiger partial charge in [0.05, 0.1) is 11.4 Å². The molecular weight excluding hydrogens is 773 g/mol. The fourth-order valence-electron chi connectivity index (χ4n) is 8.89. The molecule has 0 spiro atoms. The summed E-state index contributed by atoms with van der Waals surface area (Å²) in [5.41, 5.74) is 15.6. The smallest absolute Gasteiger partial charge is 0.160 e.